The topological polar surface area (TPSA) is 38.3 Å². The summed E-state index contributed by atoms with van der Waals surface area (Å²) in [5.74, 6) is -0.0645. The second kappa shape index (κ2) is 5.23. The van der Waals surface area contributed by atoms with E-state index in [0.29, 0.717) is 6.61 Å². The van der Waals surface area contributed by atoms with Crippen LogP contribution >= 0.6 is 0 Å². The van der Waals surface area contributed by atoms with Gasteiger partial charge in [0.2, 0.25) is 5.91 Å². The second-order valence-corrected chi connectivity index (χ2v) is 2.47. The van der Waals surface area contributed by atoms with Gasteiger partial charge in [0.1, 0.15) is 0 Å². The van der Waals surface area contributed by atoms with Crippen molar-refractivity contribution >= 4 is 5.91 Å². The van der Waals surface area contributed by atoms with Crippen LogP contribution in [0.4, 0.5) is 0 Å². The summed E-state index contributed by atoms with van der Waals surface area (Å²) in [7, 11) is 0. The highest BCUT2D eigenvalue weighted by Crippen LogP contribution is 1.89. The minimum absolute atomic E-state index is 0.00291. The third kappa shape index (κ3) is 4.32. The largest absolute Gasteiger partial charge is 0.274 e. The zero-order valence-corrected chi connectivity index (χ0v) is 6.81. The SMILES string of the molecule is CCCONC(=O)C(C)C. The van der Waals surface area contributed by atoms with Crippen molar-refractivity contribution in [3.63, 3.8) is 0 Å². The van der Waals surface area contributed by atoms with E-state index in [1.165, 1.54) is 0 Å². The van der Waals surface area contributed by atoms with Gasteiger partial charge in [0, 0.05) is 5.92 Å². The number of carbonyl (C=O) groups excluding carboxylic acids is 1. The molecular weight excluding hydrogens is 130 g/mol. The van der Waals surface area contributed by atoms with Crippen molar-refractivity contribution in [1.82, 2.24) is 5.48 Å². The Balaban J connectivity index is 3.22. The summed E-state index contributed by atoms with van der Waals surface area (Å²) in [6.07, 6.45) is 0.915. The Morgan fingerprint density at radius 3 is 2.60 bits per heavy atom. The van der Waals surface area contributed by atoms with Crippen LogP contribution in [-0.2, 0) is 9.63 Å². The number of hydrogen-bond donors (Lipinski definition) is 1. The van der Waals surface area contributed by atoms with E-state index in [9.17, 15) is 4.79 Å². The van der Waals surface area contributed by atoms with Gasteiger partial charge < -0.3 is 0 Å². The summed E-state index contributed by atoms with van der Waals surface area (Å²) in [5, 5.41) is 0. The maximum atomic E-state index is 10.8. The molecule has 0 aromatic carbocycles. The highest BCUT2D eigenvalue weighted by Gasteiger charge is 2.04. The average molecular weight is 145 g/mol. The average Bonchev–Trinajstić information content (AvgIpc) is 1.88. The summed E-state index contributed by atoms with van der Waals surface area (Å²) in [5.41, 5.74) is 2.34. The molecule has 0 aromatic rings. The lowest BCUT2D eigenvalue weighted by atomic mass is 10.2. The Kier molecular flexibility index (Phi) is 4.94. The lowest BCUT2D eigenvalue weighted by molar-refractivity contribution is -0.136. The third-order valence-corrected chi connectivity index (χ3v) is 1.00. The van der Waals surface area contributed by atoms with Gasteiger partial charge >= 0.3 is 0 Å². The van der Waals surface area contributed by atoms with Gasteiger partial charge in [-0.2, -0.15) is 0 Å². The minimum Gasteiger partial charge on any atom is -0.274 e. The van der Waals surface area contributed by atoms with Crippen molar-refractivity contribution in [3.8, 4) is 0 Å². The molecule has 0 aliphatic rings. The molecule has 1 N–H and O–H groups in total. The van der Waals surface area contributed by atoms with Crippen molar-refractivity contribution in [2.45, 2.75) is 27.2 Å². The van der Waals surface area contributed by atoms with Gasteiger partial charge in [0.05, 0.1) is 6.61 Å². The summed E-state index contributed by atoms with van der Waals surface area (Å²) in [4.78, 5) is 15.6. The minimum atomic E-state index is -0.0616. The quantitative estimate of drug-likeness (QED) is 0.475. The standard InChI is InChI=1S/C7H15NO2/c1-4-5-10-8-7(9)6(2)3/h6H,4-5H2,1-3H3,(H,8,9). The maximum absolute atomic E-state index is 10.8. The number of rotatable bonds is 4. The van der Waals surface area contributed by atoms with E-state index in [4.69, 9.17) is 4.84 Å². The number of hydrogen-bond acceptors (Lipinski definition) is 2. The Labute approximate surface area is 61.7 Å². The van der Waals surface area contributed by atoms with Crippen molar-refractivity contribution in [2.24, 2.45) is 5.92 Å². The Morgan fingerprint density at radius 1 is 1.60 bits per heavy atom. The fraction of sp³-hybridized carbons (Fsp3) is 0.857. The van der Waals surface area contributed by atoms with Crippen molar-refractivity contribution in [1.29, 1.82) is 0 Å². The van der Waals surface area contributed by atoms with Crippen LogP contribution in [0, 0.1) is 5.92 Å². The van der Waals surface area contributed by atoms with Gasteiger partial charge in [-0.15, -0.1) is 0 Å². The summed E-state index contributed by atoms with van der Waals surface area (Å²) < 4.78 is 0. The van der Waals surface area contributed by atoms with Gasteiger partial charge in [-0.3, -0.25) is 9.63 Å². The molecule has 0 bridgehead atoms. The van der Waals surface area contributed by atoms with E-state index in [2.05, 4.69) is 5.48 Å². The van der Waals surface area contributed by atoms with Crippen molar-refractivity contribution < 1.29 is 9.63 Å². The molecule has 0 aliphatic carbocycles. The van der Waals surface area contributed by atoms with E-state index < -0.39 is 0 Å². The normalized spacial score (nSPS) is 10.0. The summed E-state index contributed by atoms with van der Waals surface area (Å²) in [6.45, 7) is 6.22. The third-order valence-electron chi connectivity index (χ3n) is 1.00. The van der Waals surface area contributed by atoms with Crippen LogP contribution in [0.1, 0.15) is 27.2 Å². The summed E-state index contributed by atoms with van der Waals surface area (Å²) >= 11 is 0. The molecule has 3 heteroatoms. The number of amides is 1. The van der Waals surface area contributed by atoms with Crippen molar-refractivity contribution in [3.05, 3.63) is 0 Å². The van der Waals surface area contributed by atoms with Gasteiger partial charge in [0.15, 0.2) is 0 Å². The van der Waals surface area contributed by atoms with E-state index in [-0.39, 0.29) is 11.8 Å². The number of carbonyl (C=O) groups is 1. The first kappa shape index (κ1) is 9.43. The highest BCUT2D eigenvalue weighted by atomic mass is 16.6. The number of hydroxylamine groups is 1. The van der Waals surface area contributed by atoms with Crippen LogP contribution in [0.2, 0.25) is 0 Å². The molecule has 1 amide bonds. The van der Waals surface area contributed by atoms with Gasteiger partial charge in [-0.25, -0.2) is 5.48 Å². The number of nitrogens with one attached hydrogen (secondary N) is 1. The van der Waals surface area contributed by atoms with Crippen LogP contribution in [0.5, 0.6) is 0 Å². The highest BCUT2D eigenvalue weighted by molar-refractivity contribution is 5.76. The van der Waals surface area contributed by atoms with Gasteiger partial charge in [-0.05, 0) is 6.42 Å². The van der Waals surface area contributed by atoms with Gasteiger partial charge in [-0.1, -0.05) is 20.8 Å². The Hall–Kier alpha value is -0.570. The zero-order valence-electron chi connectivity index (χ0n) is 6.81. The van der Waals surface area contributed by atoms with Crippen LogP contribution in [0.15, 0.2) is 0 Å². The molecule has 0 spiro atoms. The van der Waals surface area contributed by atoms with E-state index in [1.807, 2.05) is 20.8 Å². The molecule has 0 saturated carbocycles. The molecule has 60 valence electrons. The fourth-order valence-corrected chi connectivity index (χ4v) is 0.342. The zero-order chi connectivity index (χ0) is 7.98. The monoisotopic (exact) mass is 145 g/mol. The predicted molar refractivity (Wildman–Crippen MR) is 39.2 cm³/mol. The Bertz CT molecular complexity index is 102. The van der Waals surface area contributed by atoms with E-state index in [0.717, 1.165) is 6.42 Å². The molecule has 10 heavy (non-hydrogen) atoms. The maximum Gasteiger partial charge on any atom is 0.246 e. The second-order valence-electron chi connectivity index (χ2n) is 2.47. The Morgan fingerprint density at radius 2 is 2.20 bits per heavy atom. The molecule has 0 atom stereocenters. The first-order valence-corrected chi connectivity index (χ1v) is 3.60. The first-order chi connectivity index (χ1) is 4.68. The molecule has 0 rings (SSSR count). The molecule has 0 saturated heterocycles. The lowest BCUT2D eigenvalue weighted by Crippen LogP contribution is -2.28. The molecule has 0 heterocycles. The van der Waals surface area contributed by atoms with E-state index >= 15 is 0 Å². The smallest absolute Gasteiger partial charge is 0.246 e. The first-order valence-electron chi connectivity index (χ1n) is 3.60. The molecule has 0 unspecified atom stereocenters. The molecule has 0 aromatic heterocycles. The summed E-state index contributed by atoms with van der Waals surface area (Å²) in [6, 6.07) is 0. The predicted octanol–water partition coefficient (Wildman–Crippen LogP) is 1.10. The molecule has 0 fully saturated rings. The van der Waals surface area contributed by atoms with Crippen molar-refractivity contribution in [2.75, 3.05) is 6.61 Å². The molecule has 0 radical (unpaired) electrons. The van der Waals surface area contributed by atoms with Crippen LogP contribution in [0.3, 0.4) is 0 Å². The lowest BCUT2D eigenvalue weighted by Gasteiger charge is -2.05. The fourth-order valence-electron chi connectivity index (χ4n) is 0.342. The van der Waals surface area contributed by atoms with Crippen LogP contribution < -0.4 is 5.48 Å². The van der Waals surface area contributed by atoms with Crippen LogP contribution in [-0.4, -0.2) is 12.5 Å². The van der Waals surface area contributed by atoms with E-state index in [1.54, 1.807) is 0 Å². The van der Waals surface area contributed by atoms with Gasteiger partial charge in [0.25, 0.3) is 0 Å². The molecular formula is C7H15NO2. The van der Waals surface area contributed by atoms with Crippen LogP contribution in [0.25, 0.3) is 0 Å². The molecule has 3 nitrogen and oxygen atoms in total. The molecule has 0 aliphatic heterocycles.